The van der Waals surface area contributed by atoms with Gasteiger partial charge >= 0.3 is 0 Å². The van der Waals surface area contributed by atoms with Crippen LogP contribution in [0.5, 0.6) is 5.75 Å². The highest BCUT2D eigenvalue weighted by Gasteiger charge is 2.39. The zero-order valence-corrected chi connectivity index (χ0v) is 11.7. The van der Waals surface area contributed by atoms with Gasteiger partial charge in [0.25, 0.3) is 0 Å². The minimum absolute atomic E-state index is 0.290. The Morgan fingerprint density at radius 3 is 2.55 bits per heavy atom. The van der Waals surface area contributed by atoms with Crippen LogP contribution in [0.2, 0.25) is 0 Å². The SMILES string of the molecule is Nc1ccccc1OCCN1CCC2(CC1)OCCO2. The van der Waals surface area contributed by atoms with Crippen molar-refractivity contribution in [3.8, 4) is 5.75 Å². The van der Waals surface area contributed by atoms with E-state index in [4.69, 9.17) is 19.9 Å². The van der Waals surface area contributed by atoms with Crippen molar-refractivity contribution >= 4 is 5.69 Å². The Hall–Kier alpha value is -1.30. The number of rotatable bonds is 4. The first kappa shape index (κ1) is 13.7. The summed E-state index contributed by atoms with van der Waals surface area (Å²) in [7, 11) is 0. The summed E-state index contributed by atoms with van der Waals surface area (Å²) >= 11 is 0. The average Bonchev–Trinajstić information content (AvgIpc) is 2.92. The summed E-state index contributed by atoms with van der Waals surface area (Å²) in [6, 6.07) is 7.61. The van der Waals surface area contributed by atoms with Gasteiger partial charge in [0.05, 0.1) is 18.9 Å². The molecular weight excluding hydrogens is 256 g/mol. The molecule has 0 aliphatic carbocycles. The second-order valence-corrected chi connectivity index (χ2v) is 5.34. The van der Waals surface area contributed by atoms with Gasteiger partial charge in [0.2, 0.25) is 0 Å². The predicted octanol–water partition coefficient (Wildman–Crippen LogP) is 1.49. The van der Waals surface area contributed by atoms with Crippen molar-refractivity contribution in [2.45, 2.75) is 18.6 Å². The van der Waals surface area contributed by atoms with Crippen LogP contribution in [0.3, 0.4) is 0 Å². The maximum Gasteiger partial charge on any atom is 0.170 e. The Labute approximate surface area is 119 Å². The quantitative estimate of drug-likeness (QED) is 0.846. The van der Waals surface area contributed by atoms with Crippen LogP contribution in [0.1, 0.15) is 12.8 Å². The number of anilines is 1. The Balaban J connectivity index is 1.41. The molecule has 5 heteroatoms. The molecule has 110 valence electrons. The highest BCUT2D eigenvalue weighted by Crippen LogP contribution is 2.31. The van der Waals surface area contributed by atoms with Crippen LogP contribution >= 0.6 is 0 Å². The number of hydrogen-bond donors (Lipinski definition) is 1. The lowest BCUT2D eigenvalue weighted by Crippen LogP contribution is -2.46. The van der Waals surface area contributed by atoms with Gasteiger partial charge in [0.15, 0.2) is 5.79 Å². The molecule has 0 bridgehead atoms. The summed E-state index contributed by atoms with van der Waals surface area (Å²) in [5, 5.41) is 0. The van der Waals surface area contributed by atoms with Gasteiger partial charge in [-0.3, -0.25) is 4.90 Å². The number of piperidine rings is 1. The topological polar surface area (TPSA) is 57.0 Å². The highest BCUT2D eigenvalue weighted by atomic mass is 16.7. The molecule has 2 aliphatic heterocycles. The molecular formula is C15H22N2O3. The van der Waals surface area contributed by atoms with Crippen LogP contribution in [0.15, 0.2) is 24.3 Å². The Morgan fingerprint density at radius 2 is 1.85 bits per heavy atom. The highest BCUT2D eigenvalue weighted by molar-refractivity contribution is 5.51. The lowest BCUT2D eigenvalue weighted by atomic mass is 10.0. The third-order valence-electron chi connectivity index (χ3n) is 4.02. The van der Waals surface area contributed by atoms with E-state index in [0.29, 0.717) is 12.3 Å². The van der Waals surface area contributed by atoms with Gasteiger partial charge in [-0.2, -0.15) is 0 Å². The van der Waals surface area contributed by atoms with Crippen molar-refractivity contribution in [2.24, 2.45) is 0 Å². The third kappa shape index (κ3) is 3.06. The summed E-state index contributed by atoms with van der Waals surface area (Å²) in [4.78, 5) is 2.38. The van der Waals surface area contributed by atoms with E-state index in [2.05, 4.69) is 4.90 Å². The minimum atomic E-state index is -0.290. The summed E-state index contributed by atoms with van der Waals surface area (Å²) in [6.07, 6.45) is 1.89. The summed E-state index contributed by atoms with van der Waals surface area (Å²) in [5.74, 6) is 0.477. The molecule has 5 nitrogen and oxygen atoms in total. The standard InChI is InChI=1S/C15H22N2O3/c16-13-3-1-2-4-14(13)18-10-9-17-7-5-15(6-8-17)19-11-12-20-15/h1-4H,5-12,16H2. The molecule has 20 heavy (non-hydrogen) atoms. The van der Waals surface area contributed by atoms with E-state index in [9.17, 15) is 0 Å². The maximum atomic E-state index is 5.85. The van der Waals surface area contributed by atoms with Gasteiger partial charge in [-0.05, 0) is 12.1 Å². The molecule has 1 aromatic carbocycles. The Morgan fingerprint density at radius 1 is 1.15 bits per heavy atom. The van der Waals surface area contributed by atoms with Crippen LogP contribution in [-0.2, 0) is 9.47 Å². The number of nitrogen functional groups attached to an aromatic ring is 1. The minimum Gasteiger partial charge on any atom is -0.490 e. The van der Waals surface area contributed by atoms with Gasteiger partial charge < -0.3 is 19.9 Å². The lowest BCUT2D eigenvalue weighted by molar-refractivity contribution is -0.185. The van der Waals surface area contributed by atoms with E-state index in [1.165, 1.54) is 0 Å². The van der Waals surface area contributed by atoms with Crippen LogP contribution in [0, 0.1) is 0 Å². The van der Waals surface area contributed by atoms with Crippen LogP contribution in [0.25, 0.3) is 0 Å². The number of hydrogen-bond acceptors (Lipinski definition) is 5. The van der Waals surface area contributed by atoms with Gasteiger partial charge in [-0.1, -0.05) is 12.1 Å². The first-order valence-corrected chi connectivity index (χ1v) is 7.25. The smallest absolute Gasteiger partial charge is 0.170 e. The number of nitrogens with two attached hydrogens (primary N) is 1. The molecule has 0 aromatic heterocycles. The number of ether oxygens (including phenoxy) is 3. The molecule has 3 rings (SSSR count). The molecule has 1 spiro atoms. The first-order chi connectivity index (χ1) is 9.77. The zero-order valence-electron chi connectivity index (χ0n) is 11.7. The second kappa shape index (κ2) is 5.99. The van der Waals surface area contributed by atoms with Crippen molar-refractivity contribution in [1.82, 2.24) is 4.90 Å². The monoisotopic (exact) mass is 278 g/mol. The van der Waals surface area contributed by atoms with Crippen LogP contribution in [0.4, 0.5) is 5.69 Å². The molecule has 2 N–H and O–H groups in total. The Kier molecular flexibility index (Phi) is 4.10. The van der Waals surface area contributed by atoms with E-state index in [0.717, 1.165) is 51.4 Å². The zero-order chi connectivity index (χ0) is 13.8. The molecule has 2 heterocycles. The van der Waals surface area contributed by atoms with Crippen molar-refractivity contribution in [2.75, 3.05) is 45.2 Å². The molecule has 0 radical (unpaired) electrons. The van der Waals surface area contributed by atoms with Crippen molar-refractivity contribution in [3.05, 3.63) is 24.3 Å². The fourth-order valence-electron chi connectivity index (χ4n) is 2.80. The van der Waals surface area contributed by atoms with E-state index in [1.807, 2.05) is 24.3 Å². The van der Waals surface area contributed by atoms with Gasteiger partial charge in [-0.15, -0.1) is 0 Å². The summed E-state index contributed by atoms with van der Waals surface area (Å²) in [5.41, 5.74) is 6.54. The largest absolute Gasteiger partial charge is 0.490 e. The molecule has 0 amide bonds. The van der Waals surface area contributed by atoms with Gasteiger partial charge in [0, 0.05) is 32.5 Å². The van der Waals surface area contributed by atoms with E-state index >= 15 is 0 Å². The molecule has 1 aromatic rings. The second-order valence-electron chi connectivity index (χ2n) is 5.34. The number of para-hydroxylation sites is 2. The first-order valence-electron chi connectivity index (χ1n) is 7.25. The molecule has 2 saturated heterocycles. The number of likely N-dealkylation sites (tertiary alicyclic amines) is 1. The molecule has 0 atom stereocenters. The third-order valence-corrected chi connectivity index (χ3v) is 4.02. The lowest BCUT2D eigenvalue weighted by Gasteiger charge is -2.37. The fourth-order valence-corrected chi connectivity index (χ4v) is 2.80. The van der Waals surface area contributed by atoms with Gasteiger partial charge in [-0.25, -0.2) is 0 Å². The normalized spacial score (nSPS) is 22.2. The van der Waals surface area contributed by atoms with Crippen molar-refractivity contribution in [1.29, 1.82) is 0 Å². The molecule has 2 fully saturated rings. The van der Waals surface area contributed by atoms with E-state index in [-0.39, 0.29) is 5.79 Å². The number of benzene rings is 1. The molecule has 0 saturated carbocycles. The maximum absolute atomic E-state index is 5.85. The predicted molar refractivity (Wildman–Crippen MR) is 76.7 cm³/mol. The van der Waals surface area contributed by atoms with Crippen LogP contribution < -0.4 is 10.5 Å². The van der Waals surface area contributed by atoms with Crippen molar-refractivity contribution < 1.29 is 14.2 Å². The van der Waals surface area contributed by atoms with E-state index in [1.54, 1.807) is 0 Å². The average molecular weight is 278 g/mol. The van der Waals surface area contributed by atoms with Gasteiger partial charge in [0.1, 0.15) is 12.4 Å². The van der Waals surface area contributed by atoms with Crippen LogP contribution in [-0.4, -0.2) is 50.1 Å². The fraction of sp³-hybridized carbons (Fsp3) is 0.600. The Bertz CT molecular complexity index is 436. The number of nitrogens with zero attached hydrogens (tertiary/aromatic N) is 1. The summed E-state index contributed by atoms with van der Waals surface area (Å²) < 4.78 is 17.2. The summed E-state index contributed by atoms with van der Waals surface area (Å²) in [6.45, 7) is 5.02. The molecule has 2 aliphatic rings. The van der Waals surface area contributed by atoms with Crippen molar-refractivity contribution in [3.63, 3.8) is 0 Å². The van der Waals surface area contributed by atoms with E-state index < -0.39 is 0 Å². The molecule has 0 unspecified atom stereocenters.